The van der Waals surface area contributed by atoms with Gasteiger partial charge in [-0.1, -0.05) is 48.0 Å². The highest BCUT2D eigenvalue weighted by Crippen LogP contribution is 2.19. The number of anilines is 2. The number of hydrogen-bond donors (Lipinski definition) is 1. The molecule has 0 unspecified atom stereocenters. The van der Waals surface area contributed by atoms with E-state index in [0.717, 1.165) is 49.7 Å². The predicted octanol–water partition coefficient (Wildman–Crippen LogP) is 3.96. The fraction of sp³-hybridized carbons (Fsp3) is 0.250. The zero-order valence-electron chi connectivity index (χ0n) is 16.7. The van der Waals surface area contributed by atoms with Gasteiger partial charge in [-0.2, -0.15) is 0 Å². The van der Waals surface area contributed by atoms with Crippen LogP contribution in [-0.2, 0) is 6.54 Å². The van der Waals surface area contributed by atoms with Crippen LogP contribution in [0.25, 0.3) is 0 Å². The van der Waals surface area contributed by atoms with Crippen molar-refractivity contribution in [1.29, 1.82) is 0 Å². The molecule has 0 aliphatic carbocycles. The molecule has 5 heteroatoms. The fourth-order valence-corrected chi connectivity index (χ4v) is 3.57. The van der Waals surface area contributed by atoms with Gasteiger partial charge in [0.15, 0.2) is 0 Å². The molecule has 4 rings (SSSR count). The first-order chi connectivity index (χ1) is 14.2. The lowest BCUT2D eigenvalue weighted by Crippen LogP contribution is -2.46. The molecule has 29 heavy (non-hydrogen) atoms. The first kappa shape index (κ1) is 19.2. The quantitative estimate of drug-likeness (QED) is 0.721. The highest BCUT2D eigenvalue weighted by Gasteiger charge is 2.18. The second kappa shape index (κ2) is 8.88. The zero-order chi connectivity index (χ0) is 20.1. The molecule has 5 nitrogen and oxygen atoms in total. The Balaban J connectivity index is 1.36. The number of amides is 1. The zero-order valence-corrected chi connectivity index (χ0v) is 16.7. The second-order valence-corrected chi connectivity index (χ2v) is 7.50. The van der Waals surface area contributed by atoms with Crippen LogP contribution in [-0.4, -0.2) is 42.0 Å². The van der Waals surface area contributed by atoms with E-state index in [-0.39, 0.29) is 5.91 Å². The van der Waals surface area contributed by atoms with Crippen LogP contribution in [0.1, 0.15) is 21.5 Å². The summed E-state index contributed by atoms with van der Waals surface area (Å²) in [5.41, 5.74) is 4.88. The second-order valence-electron chi connectivity index (χ2n) is 7.50. The monoisotopic (exact) mass is 386 g/mol. The van der Waals surface area contributed by atoms with Gasteiger partial charge in [0.05, 0.1) is 17.4 Å². The SMILES string of the molecule is Cc1ccc(NC(=O)c2cncc(N3CCN(Cc4ccccc4)CC3)c2)cc1. The van der Waals surface area contributed by atoms with Crippen molar-refractivity contribution in [1.82, 2.24) is 9.88 Å². The van der Waals surface area contributed by atoms with Crippen molar-refractivity contribution in [3.05, 3.63) is 89.7 Å². The van der Waals surface area contributed by atoms with Gasteiger partial charge < -0.3 is 10.2 Å². The summed E-state index contributed by atoms with van der Waals surface area (Å²) in [6.07, 6.45) is 3.47. The summed E-state index contributed by atoms with van der Waals surface area (Å²) in [6.45, 7) is 6.85. The number of pyridine rings is 1. The highest BCUT2D eigenvalue weighted by molar-refractivity contribution is 6.04. The maximum Gasteiger partial charge on any atom is 0.257 e. The number of nitrogens with one attached hydrogen (secondary N) is 1. The number of aryl methyl sites for hydroxylation is 1. The van der Waals surface area contributed by atoms with Crippen LogP contribution in [0, 0.1) is 6.92 Å². The Morgan fingerprint density at radius 1 is 0.966 bits per heavy atom. The number of piperazine rings is 1. The molecule has 148 valence electrons. The van der Waals surface area contributed by atoms with Crippen LogP contribution < -0.4 is 10.2 Å². The van der Waals surface area contributed by atoms with E-state index in [1.54, 1.807) is 6.20 Å². The molecule has 1 fully saturated rings. The average molecular weight is 386 g/mol. The summed E-state index contributed by atoms with van der Waals surface area (Å²) in [5.74, 6) is -0.133. The Morgan fingerprint density at radius 2 is 1.69 bits per heavy atom. The fourth-order valence-electron chi connectivity index (χ4n) is 3.57. The molecule has 2 aromatic carbocycles. The number of carbonyl (C=O) groups is 1. The lowest BCUT2D eigenvalue weighted by atomic mass is 10.2. The molecule has 1 aromatic heterocycles. The van der Waals surface area contributed by atoms with Crippen LogP contribution in [0.2, 0.25) is 0 Å². The molecule has 1 amide bonds. The van der Waals surface area contributed by atoms with Gasteiger partial charge in [0, 0.05) is 44.6 Å². The number of carbonyl (C=O) groups excluding carboxylic acids is 1. The largest absolute Gasteiger partial charge is 0.368 e. The number of rotatable bonds is 5. The minimum absolute atomic E-state index is 0.133. The van der Waals surface area contributed by atoms with Crippen LogP contribution in [0.4, 0.5) is 11.4 Å². The molecule has 1 aliphatic rings. The van der Waals surface area contributed by atoms with E-state index in [1.807, 2.05) is 43.5 Å². The van der Waals surface area contributed by atoms with Gasteiger partial charge in [0.25, 0.3) is 5.91 Å². The summed E-state index contributed by atoms with van der Waals surface area (Å²) in [4.78, 5) is 21.7. The molecule has 1 aliphatic heterocycles. The Hall–Kier alpha value is -3.18. The number of hydrogen-bond acceptors (Lipinski definition) is 4. The third-order valence-electron chi connectivity index (χ3n) is 5.28. The Bertz CT molecular complexity index is 948. The van der Waals surface area contributed by atoms with Crippen LogP contribution in [0.3, 0.4) is 0 Å². The van der Waals surface area contributed by atoms with E-state index in [1.165, 1.54) is 5.56 Å². The lowest BCUT2D eigenvalue weighted by Gasteiger charge is -2.36. The summed E-state index contributed by atoms with van der Waals surface area (Å²) >= 11 is 0. The van der Waals surface area contributed by atoms with E-state index in [4.69, 9.17) is 0 Å². The number of benzene rings is 2. The highest BCUT2D eigenvalue weighted by atomic mass is 16.1. The van der Waals surface area contributed by atoms with E-state index in [2.05, 4.69) is 50.4 Å². The minimum Gasteiger partial charge on any atom is -0.368 e. The van der Waals surface area contributed by atoms with Gasteiger partial charge in [-0.15, -0.1) is 0 Å². The molecule has 2 heterocycles. The van der Waals surface area contributed by atoms with E-state index in [9.17, 15) is 4.79 Å². The maximum atomic E-state index is 12.6. The van der Waals surface area contributed by atoms with Crippen LogP contribution >= 0.6 is 0 Å². The van der Waals surface area contributed by atoms with Crippen molar-refractivity contribution in [2.45, 2.75) is 13.5 Å². The molecular formula is C24H26N4O. The lowest BCUT2D eigenvalue weighted by molar-refractivity contribution is 0.102. The maximum absolute atomic E-state index is 12.6. The van der Waals surface area contributed by atoms with Crippen molar-refractivity contribution < 1.29 is 4.79 Å². The van der Waals surface area contributed by atoms with Gasteiger partial charge in [0.2, 0.25) is 0 Å². The molecule has 1 saturated heterocycles. The summed E-state index contributed by atoms with van der Waals surface area (Å²) in [7, 11) is 0. The topological polar surface area (TPSA) is 48.5 Å². The summed E-state index contributed by atoms with van der Waals surface area (Å²) < 4.78 is 0. The van der Waals surface area contributed by atoms with Gasteiger partial charge in [-0.3, -0.25) is 14.7 Å². The van der Waals surface area contributed by atoms with Crippen LogP contribution in [0.15, 0.2) is 73.1 Å². The third kappa shape index (κ3) is 5.00. The minimum atomic E-state index is -0.133. The molecule has 0 atom stereocenters. The van der Waals surface area contributed by atoms with E-state index in [0.29, 0.717) is 5.56 Å². The molecule has 0 bridgehead atoms. The Labute approximate surface area is 172 Å². The van der Waals surface area contributed by atoms with Crippen molar-refractivity contribution >= 4 is 17.3 Å². The first-order valence-corrected chi connectivity index (χ1v) is 10.0. The number of nitrogens with zero attached hydrogens (tertiary/aromatic N) is 3. The van der Waals surface area contributed by atoms with E-state index < -0.39 is 0 Å². The Morgan fingerprint density at radius 3 is 2.41 bits per heavy atom. The van der Waals surface area contributed by atoms with Gasteiger partial charge in [-0.25, -0.2) is 0 Å². The van der Waals surface area contributed by atoms with E-state index >= 15 is 0 Å². The van der Waals surface area contributed by atoms with Crippen molar-refractivity contribution in [3.8, 4) is 0 Å². The van der Waals surface area contributed by atoms with Crippen molar-refractivity contribution in [2.75, 3.05) is 36.4 Å². The molecule has 1 N–H and O–H groups in total. The predicted molar refractivity (Wildman–Crippen MR) is 117 cm³/mol. The first-order valence-electron chi connectivity index (χ1n) is 10.0. The molecule has 3 aromatic rings. The molecular weight excluding hydrogens is 360 g/mol. The number of aromatic nitrogens is 1. The molecule has 0 radical (unpaired) electrons. The standard InChI is InChI=1S/C24H26N4O/c1-19-7-9-22(10-8-19)26-24(29)21-15-23(17-25-16-21)28-13-11-27(12-14-28)18-20-5-3-2-4-6-20/h2-10,15-17H,11-14,18H2,1H3,(H,26,29). The van der Waals surface area contributed by atoms with Crippen molar-refractivity contribution in [2.24, 2.45) is 0 Å². The average Bonchev–Trinajstić information content (AvgIpc) is 2.77. The smallest absolute Gasteiger partial charge is 0.257 e. The Kier molecular flexibility index (Phi) is 5.86. The third-order valence-corrected chi connectivity index (χ3v) is 5.28. The summed E-state index contributed by atoms with van der Waals surface area (Å²) in [5, 5.41) is 2.94. The molecule has 0 saturated carbocycles. The van der Waals surface area contributed by atoms with Gasteiger partial charge in [0.1, 0.15) is 0 Å². The van der Waals surface area contributed by atoms with Gasteiger partial charge in [-0.05, 0) is 30.7 Å². The summed E-state index contributed by atoms with van der Waals surface area (Å²) in [6, 6.07) is 20.3. The van der Waals surface area contributed by atoms with Crippen LogP contribution in [0.5, 0.6) is 0 Å². The van der Waals surface area contributed by atoms with Crippen molar-refractivity contribution in [3.63, 3.8) is 0 Å². The van der Waals surface area contributed by atoms with Gasteiger partial charge >= 0.3 is 0 Å². The molecule has 0 spiro atoms. The normalized spacial score (nSPS) is 14.6.